The van der Waals surface area contributed by atoms with Crippen LogP contribution in [0.1, 0.15) is 39.5 Å². The number of carbonyl (C=O) groups is 3. The molecule has 1 heterocycles. The van der Waals surface area contributed by atoms with Crippen LogP contribution in [-0.4, -0.2) is 36.1 Å². The summed E-state index contributed by atoms with van der Waals surface area (Å²) in [5.74, 6) is -1.26. The summed E-state index contributed by atoms with van der Waals surface area (Å²) in [5, 5.41) is 0.788. The van der Waals surface area contributed by atoms with Crippen LogP contribution in [0.2, 0.25) is 0 Å². The predicted molar refractivity (Wildman–Crippen MR) is 114 cm³/mol. The minimum atomic E-state index is -0.492. The third kappa shape index (κ3) is 3.72. The van der Waals surface area contributed by atoms with Crippen LogP contribution >= 0.6 is 0 Å². The molecule has 0 saturated carbocycles. The molecule has 2 amide bonds. The molecule has 0 bridgehead atoms. The number of hydrogen-bond acceptors (Lipinski definition) is 5. The molecular weight excluding hydrogens is 398 g/mol. The first-order chi connectivity index (χ1) is 14.9. The first-order valence-corrected chi connectivity index (χ1v) is 9.92. The lowest BCUT2D eigenvalue weighted by molar-refractivity contribution is -0.142. The molecule has 1 aliphatic rings. The summed E-state index contributed by atoms with van der Waals surface area (Å²) in [5.41, 5.74) is 15.2. The summed E-state index contributed by atoms with van der Waals surface area (Å²) < 4.78 is 12.5. The molecule has 8 heteroatoms. The zero-order valence-corrected chi connectivity index (χ0v) is 17.1. The van der Waals surface area contributed by atoms with Gasteiger partial charge >= 0.3 is 5.97 Å². The third-order valence-corrected chi connectivity index (χ3v) is 5.72. The lowest BCUT2D eigenvalue weighted by Gasteiger charge is -2.12. The van der Waals surface area contributed by atoms with Crippen molar-refractivity contribution in [1.82, 2.24) is 4.57 Å². The second kappa shape index (κ2) is 8.14. The number of hydrogen-bond donors (Lipinski definition) is 2. The zero-order valence-electron chi connectivity index (χ0n) is 17.1. The van der Waals surface area contributed by atoms with E-state index in [-0.39, 0.29) is 12.5 Å². The van der Waals surface area contributed by atoms with Crippen LogP contribution < -0.4 is 16.2 Å². The average Bonchev–Trinajstić information content (AvgIpc) is 3.32. The maximum Gasteiger partial charge on any atom is 0.343 e. The van der Waals surface area contributed by atoms with Gasteiger partial charge in [-0.05, 0) is 48.2 Å². The lowest BCUT2D eigenvalue weighted by Crippen LogP contribution is -2.19. The van der Waals surface area contributed by atoms with Gasteiger partial charge in [-0.2, -0.15) is 0 Å². The van der Waals surface area contributed by atoms with Gasteiger partial charge in [-0.15, -0.1) is 0 Å². The minimum Gasteiger partial charge on any atom is -0.481 e. The van der Waals surface area contributed by atoms with Gasteiger partial charge in [0.25, 0.3) is 0 Å². The second-order valence-electron chi connectivity index (χ2n) is 7.52. The highest BCUT2D eigenvalue weighted by Crippen LogP contribution is 2.44. The molecule has 1 aliphatic carbocycles. The van der Waals surface area contributed by atoms with Crippen molar-refractivity contribution in [2.45, 2.75) is 25.3 Å². The van der Waals surface area contributed by atoms with E-state index in [1.165, 1.54) is 7.11 Å². The van der Waals surface area contributed by atoms with Crippen LogP contribution in [0.4, 0.5) is 0 Å². The number of benzene rings is 2. The number of primary amides is 2. The molecule has 31 heavy (non-hydrogen) atoms. The Morgan fingerprint density at radius 1 is 1.10 bits per heavy atom. The molecule has 1 aromatic heterocycles. The number of nitrogens with two attached hydrogens (primary N) is 2. The summed E-state index contributed by atoms with van der Waals surface area (Å²) in [6, 6.07) is 12.7. The predicted octanol–water partition coefficient (Wildman–Crippen LogP) is 1.86. The van der Waals surface area contributed by atoms with Gasteiger partial charge in [-0.25, -0.2) is 4.79 Å². The Bertz CT molecular complexity index is 1180. The molecule has 4 rings (SSSR count). The molecule has 0 aliphatic heterocycles. The second-order valence-corrected chi connectivity index (χ2v) is 7.52. The maximum absolute atomic E-state index is 12.2. The lowest BCUT2D eigenvalue weighted by atomic mass is 9.99. The van der Waals surface area contributed by atoms with Crippen molar-refractivity contribution in [2.75, 3.05) is 13.7 Å². The first kappa shape index (κ1) is 20.5. The largest absolute Gasteiger partial charge is 0.481 e. The molecule has 160 valence electrons. The number of carbonyl (C=O) groups excluding carboxylic acids is 3. The Hall–Kier alpha value is -3.81. The normalized spacial score (nSPS) is 14.9. The number of amides is 2. The molecule has 0 fully saturated rings. The Balaban J connectivity index is 1.81. The smallest absolute Gasteiger partial charge is 0.343 e. The van der Waals surface area contributed by atoms with Crippen LogP contribution in [0.15, 0.2) is 42.5 Å². The molecule has 8 nitrogen and oxygen atoms in total. The monoisotopic (exact) mass is 421 g/mol. The highest BCUT2D eigenvalue weighted by atomic mass is 16.6. The van der Waals surface area contributed by atoms with E-state index in [2.05, 4.69) is 9.30 Å². The topological polar surface area (TPSA) is 127 Å². The van der Waals surface area contributed by atoms with Crippen molar-refractivity contribution in [2.24, 2.45) is 11.5 Å². The number of esters is 1. The van der Waals surface area contributed by atoms with Crippen LogP contribution in [0.25, 0.3) is 10.9 Å². The van der Waals surface area contributed by atoms with Gasteiger partial charge < -0.3 is 25.5 Å². The van der Waals surface area contributed by atoms with E-state index in [0.29, 0.717) is 30.7 Å². The van der Waals surface area contributed by atoms with Crippen molar-refractivity contribution in [3.63, 3.8) is 0 Å². The first-order valence-electron chi connectivity index (χ1n) is 9.92. The Labute approximate surface area is 178 Å². The average molecular weight is 421 g/mol. The van der Waals surface area contributed by atoms with Crippen molar-refractivity contribution in [3.05, 3.63) is 64.8 Å². The number of nitrogens with zero attached hydrogens (tertiary/aromatic N) is 1. The Morgan fingerprint density at radius 3 is 2.48 bits per heavy atom. The van der Waals surface area contributed by atoms with Gasteiger partial charge in [-0.1, -0.05) is 18.2 Å². The summed E-state index contributed by atoms with van der Waals surface area (Å²) >= 11 is 0. The van der Waals surface area contributed by atoms with E-state index in [4.69, 9.17) is 16.2 Å². The van der Waals surface area contributed by atoms with E-state index in [1.54, 1.807) is 18.2 Å². The quantitative estimate of drug-likeness (QED) is 0.563. The summed E-state index contributed by atoms with van der Waals surface area (Å²) in [7, 11) is 1.30. The summed E-state index contributed by atoms with van der Waals surface area (Å²) in [6.45, 7) is 0.308. The number of methoxy groups -OCH3 is 1. The molecule has 2 aromatic carbocycles. The summed E-state index contributed by atoms with van der Waals surface area (Å²) in [6.07, 6.45) is 1.33. The molecule has 4 N–H and O–H groups in total. The molecule has 0 spiro atoms. The van der Waals surface area contributed by atoms with Gasteiger partial charge in [0.2, 0.25) is 11.8 Å². The van der Waals surface area contributed by atoms with E-state index in [1.807, 2.05) is 24.3 Å². The number of rotatable bonds is 7. The van der Waals surface area contributed by atoms with Crippen LogP contribution in [0, 0.1) is 0 Å². The molecule has 1 unspecified atom stereocenters. The van der Waals surface area contributed by atoms with Gasteiger partial charge in [0.15, 0.2) is 6.61 Å². The van der Waals surface area contributed by atoms with Gasteiger partial charge in [0.05, 0.1) is 18.5 Å². The van der Waals surface area contributed by atoms with Gasteiger partial charge in [-0.3, -0.25) is 9.59 Å². The SMILES string of the molecule is COC(=O)COc1cccc2c1c1c(n2Cc2ccc(C(N)=O)cc2)CCC1C(N)=O. The fourth-order valence-electron chi connectivity index (χ4n) is 4.26. The molecular formula is C23H23N3O5. The minimum absolute atomic E-state index is 0.231. The number of fused-ring (bicyclic) bond motifs is 3. The van der Waals surface area contributed by atoms with Crippen LogP contribution in [0.3, 0.4) is 0 Å². The van der Waals surface area contributed by atoms with Crippen molar-refractivity contribution in [3.8, 4) is 5.75 Å². The Kier molecular flexibility index (Phi) is 5.37. The van der Waals surface area contributed by atoms with Crippen molar-refractivity contribution < 1.29 is 23.9 Å². The number of aromatic nitrogens is 1. The molecule has 1 atom stereocenters. The fraction of sp³-hybridized carbons (Fsp3) is 0.261. The summed E-state index contributed by atoms with van der Waals surface area (Å²) in [4.78, 5) is 35.1. The van der Waals surface area contributed by atoms with E-state index < -0.39 is 17.8 Å². The van der Waals surface area contributed by atoms with E-state index in [0.717, 1.165) is 27.7 Å². The number of ether oxygens (including phenoxy) is 2. The van der Waals surface area contributed by atoms with Crippen LogP contribution in [0.5, 0.6) is 5.75 Å². The molecule has 3 aromatic rings. The van der Waals surface area contributed by atoms with Gasteiger partial charge in [0.1, 0.15) is 5.75 Å². The zero-order chi connectivity index (χ0) is 22.1. The van der Waals surface area contributed by atoms with Gasteiger partial charge in [0, 0.05) is 23.2 Å². The third-order valence-electron chi connectivity index (χ3n) is 5.72. The highest BCUT2D eigenvalue weighted by molar-refractivity contribution is 5.98. The maximum atomic E-state index is 12.2. The van der Waals surface area contributed by atoms with E-state index in [9.17, 15) is 14.4 Å². The highest BCUT2D eigenvalue weighted by Gasteiger charge is 2.34. The fourth-order valence-corrected chi connectivity index (χ4v) is 4.26. The standard InChI is InChI=1S/C23H23N3O5/c1-30-19(27)12-31-18-4-2-3-16-21(18)20-15(23(25)29)9-10-17(20)26(16)11-13-5-7-14(8-6-13)22(24)28/h2-8,15H,9-12H2,1H3,(H2,24,28)(H2,25,29). The molecule has 0 saturated heterocycles. The Morgan fingerprint density at radius 2 is 1.84 bits per heavy atom. The van der Waals surface area contributed by atoms with Crippen molar-refractivity contribution in [1.29, 1.82) is 0 Å². The van der Waals surface area contributed by atoms with Crippen molar-refractivity contribution >= 4 is 28.7 Å². The van der Waals surface area contributed by atoms with E-state index >= 15 is 0 Å². The van der Waals surface area contributed by atoms with Crippen LogP contribution in [-0.2, 0) is 27.3 Å². The molecule has 0 radical (unpaired) electrons.